The van der Waals surface area contributed by atoms with Crippen molar-refractivity contribution in [1.82, 2.24) is 9.83 Å². The molecule has 0 aliphatic carbocycles. The summed E-state index contributed by atoms with van der Waals surface area (Å²) >= 11 is 0. The fourth-order valence-electron chi connectivity index (χ4n) is 2.94. The first-order chi connectivity index (χ1) is 12.6. The quantitative estimate of drug-likeness (QED) is 0.458. The minimum absolute atomic E-state index is 0.323. The van der Waals surface area contributed by atoms with Crippen LogP contribution in [0.5, 0.6) is 0 Å². The van der Waals surface area contributed by atoms with Crippen molar-refractivity contribution in [2.24, 2.45) is 5.10 Å². The summed E-state index contributed by atoms with van der Waals surface area (Å²) in [5.74, 6) is -0.370. The minimum atomic E-state index is -0.431. The highest BCUT2D eigenvalue weighted by Crippen LogP contribution is 2.20. The van der Waals surface area contributed by atoms with Crippen LogP contribution in [0, 0.1) is 6.92 Å². The zero-order valence-corrected chi connectivity index (χ0v) is 14.0. The summed E-state index contributed by atoms with van der Waals surface area (Å²) in [5.41, 5.74) is 5.05. The lowest BCUT2D eigenvalue weighted by molar-refractivity contribution is 0.0954. The van der Waals surface area contributed by atoms with E-state index in [4.69, 9.17) is 4.42 Å². The number of carbonyl (C=O) groups is 1. The number of benzene rings is 2. The number of rotatable bonds is 3. The minimum Gasteiger partial charge on any atom is -0.405 e. The van der Waals surface area contributed by atoms with Gasteiger partial charge >= 0.3 is 5.63 Å². The average molecular weight is 345 g/mol. The summed E-state index contributed by atoms with van der Waals surface area (Å²) in [6.45, 7) is 1.80. The number of nitrogens with zero attached hydrogens (tertiary/aromatic N) is 2. The van der Waals surface area contributed by atoms with Gasteiger partial charge in [-0.25, -0.2) is 10.2 Å². The van der Waals surface area contributed by atoms with Gasteiger partial charge in [-0.1, -0.05) is 42.5 Å². The van der Waals surface area contributed by atoms with Crippen molar-refractivity contribution in [3.63, 3.8) is 0 Å². The van der Waals surface area contributed by atoms with Gasteiger partial charge in [-0.2, -0.15) is 5.10 Å². The van der Waals surface area contributed by atoms with Crippen molar-refractivity contribution in [2.45, 2.75) is 6.92 Å². The number of hydrogen-bond acceptors (Lipinski definition) is 4. The van der Waals surface area contributed by atoms with E-state index in [0.717, 1.165) is 5.56 Å². The molecule has 0 aliphatic heterocycles. The van der Waals surface area contributed by atoms with Gasteiger partial charge in [0.15, 0.2) is 0 Å². The molecule has 0 fully saturated rings. The van der Waals surface area contributed by atoms with Crippen molar-refractivity contribution in [3.05, 3.63) is 87.9 Å². The monoisotopic (exact) mass is 345 g/mol. The molecule has 6 heteroatoms. The van der Waals surface area contributed by atoms with E-state index in [1.165, 1.54) is 0 Å². The summed E-state index contributed by atoms with van der Waals surface area (Å²) in [6.07, 6.45) is 1.57. The highest BCUT2D eigenvalue weighted by Gasteiger charge is 2.17. The standard InChI is InChI=1S/C20H15N3O3/c1-13-16(19(24)22-21-12-14-7-3-2-4-8-14)11-18-23(13)17-10-6-5-9-15(17)20(25)26-18/h2-12H,1H3,(H,22,24)/b21-12+. The van der Waals surface area contributed by atoms with Crippen LogP contribution >= 0.6 is 0 Å². The van der Waals surface area contributed by atoms with E-state index in [0.29, 0.717) is 27.9 Å². The number of aromatic nitrogens is 1. The molecule has 1 N–H and O–H groups in total. The van der Waals surface area contributed by atoms with Crippen LogP contribution in [0.4, 0.5) is 0 Å². The lowest BCUT2D eigenvalue weighted by Crippen LogP contribution is -2.18. The Labute approximate surface area is 148 Å². The second-order valence-electron chi connectivity index (χ2n) is 5.83. The summed E-state index contributed by atoms with van der Waals surface area (Å²) in [4.78, 5) is 24.6. The second-order valence-corrected chi connectivity index (χ2v) is 5.83. The van der Waals surface area contributed by atoms with Crippen LogP contribution in [0.2, 0.25) is 0 Å². The van der Waals surface area contributed by atoms with Gasteiger partial charge in [0.05, 0.1) is 22.7 Å². The Morgan fingerprint density at radius 1 is 1.12 bits per heavy atom. The topological polar surface area (TPSA) is 76.1 Å². The maximum absolute atomic E-state index is 12.5. The van der Waals surface area contributed by atoms with Crippen molar-refractivity contribution in [1.29, 1.82) is 0 Å². The third-order valence-corrected chi connectivity index (χ3v) is 4.20. The molecule has 0 saturated carbocycles. The predicted octanol–water partition coefficient (Wildman–Crippen LogP) is 3.12. The molecular formula is C20H15N3O3. The van der Waals surface area contributed by atoms with Crippen LogP contribution in [0.3, 0.4) is 0 Å². The fourth-order valence-corrected chi connectivity index (χ4v) is 2.94. The fraction of sp³-hybridized carbons (Fsp3) is 0.0500. The van der Waals surface area contributed by atoms with E-state index in [1.807, 2.05) is 42.5 Å². The number of carbonyl (C=O) groups excluding carboxylic acids is 1. The van der Waals surface area contributed by atoms with E-state index >= 15 is 0 Å². The van der Waals surface area contributed by atoms with E-state index in [9.17, 15) is 9.59 Å². The molecule has 0 aliphatic rings. The van der Waals surface area contributed by atoms with Gasteiger partial charge in [-0.15, -0.1) is 0 Å². The lowest BCUT2D eigenvalue weighted by atomic mass is 10.2. The number of fused-ring (bicyclic) bond motifs is 3. The maximum atomic E-state index is 12.5. The van der Waals surface area contributed by atoms with E-state index in [2.05, 4.69) is 10.5 Å². The Bertz CT molecular complexity index is 1200. The zero-order valence-electron chi connectivity index (χ0n) is 14.0. The predicted molar refractivity (Wildman–Crippen MR) is 99.7 cm³/mol. The van der Waals surface area contributed by atoms with Gasteiger partial charge in [0.2, 0.25) is 5.71 Å². The van der Waals surface area contributed by atoms with Crippen molar-refractivity contribution >= 4 is 28.7 Å². The summed E-state index contributed by atoms with van der Waals surface area (Å²) in [5, 5.41) is 4.45. The Hall–Kier alpha value is -3.67. The van der Waals surface area contributed by atoms with Gasteiger partial charge in [-0.3, -0.25) is 9.20 Å². The van der Waals surface area contributed by atoms with Crippen LogP contribution in [-0.4, -0.2) is 16.5 Å². The molecule has 0 unspecified atom stereocenters. The van der Waals surface area contributed by atoms with Crippen LogP contribution in [-0.2, 0) is 0 Å². The molecule has 0 spiro atoms. The lowest BCUT2D eigenvalue weighted by Gasteiger charge is -2.03. The molecule has 0 saturated heterocycles. The maximum Gasteiger partial charge on any atom is 0.346 e. The van der Waals surface area contributed by atoms with Gasteiger partial charge < -0.3 is 4.42 Å². The SMILES string of the molecule is Cc1c(C(=O)N/N=C/c2ccccc2)cc2oc(=O)c3ccccc3n12. The van der Waals surface area contributed by atoms with E-state index in [-0.39, 0.29) is 5.91 Å². The molecule has 4 aromatic rings. The van der Waals surface area contributed by atoms with Crippen LogP contribution in [0.15, 0.2) is 75.0 Å². The number of nitrogens with one attached hydrogen (secondary N) is 1. The number of para-hydroxylation sites is 1. The van der Waals surface area contributed by atoms with Crippen molar-refractivity contribution < 1.29 is 9.21 Å². The third kappa shape index (κ3) is 2.67. The summed E-state index contributed by atoms with van der Waals surface area (Å²) in [7, 11) is 0. The average Bonchev–Trinajstić information content (AvgIpc) is 2.99. The second kappa shape index (κ2) is 6.33. The zero-order chi connectivity index (χ0) is 18.1. The molecule has 26 heavy (non-hydrogen) atoms. The first kappa shape index (κ1) is 15.8. The number of hydrazone groups is 1. The van der Waals surface area contributed by atoms with E-state index < -0.39 is 5.63 Å². The summed E-state index contributed by atoms with van der Waals surface area (Å²) < 4.78 is 7.11. The molecule has 0 atom stereocenters. The van der Waals surface area contributed by atoms with Gasteiger partial charge in [0, 0.05) is 11.8 Å². The first-order valence-electron chi connectivity index (χ1n) is 8.07. The number of hydrogen-bond donors (Lipinski definition) is 1. The van der Waals surface area contributed by atoms with Gasteiger partial charge in [0.25, 0.3) is 5.91 Å². The Morgan fingerprint density at radius 3 is 2.65 bits per heavy atom. The molecule has 0 bridgehead atoms. The number of amides is 1. The summed E-state index contributed by atoms with van der Waals surface area (Å²) in [6, 6.07) is 18.1. The Kier molecular flexibility index (Phi) is 3.85. The molecule has 2 aromatic heterocycles. The molecule has 2 heterocycles. The van der Waals surface area contributed by atoms with Crippen molar-refractivity contribution in [3.8, 4) is 0 Å². The Balaban J connectivity index is 1.72. The molecule has 4 rings (SSSR count). The van der Waals surface area contributed by atoms with Crippen LogP contribution < -0.4 is 11.1 Å². The molecule has 1 amide bonds. The van der Waals surface area contributed by atoms with Gasteiger partial charge in [-0.05, 0) is 24.6 Å². The largest absolute Gasteiger partial charge is 0.405 e. The third-order valence-electron chi connectivity index (χ3n) is 4.20. The smallest absolute Gasteiger partial charge is 0.346 e. The van der Waals surface area contributed by atoms with E-state index in [1.54, 1.807) is 35.7 Å². The Morgan fingerprint density at radius 2 is 1.85 bits per heavy atom. The molecule has 6 nitrogen and oxygen atoms in total. The highest BCUT2D eigenvalue weighted by atomic mass is 16.4. The molecule has 128 valence electrons. The molecule has 2 aromatic carbocycles. The number of aryl methyl sites for hydroxylation is 1. The van der Waals surface area contributed by atoms with Gasteiger partial charge in [0.1, 0.15) is 0 Å². The highest BCUT2D eigenvalue weighted by molar-refractivity contribution is 5.98. The first-order valence-corrected chi connectivity index (χ1v) is 8.07. The normalized spacial score (nSPS) is 11.4. The molecular weight excluding hydrogens is 330 g/mol. The molecule has 0 radical (unpaired) electrons. The van der Waals surface area contributed by atoms with Crippen LogP contribution in [0.1, 0.15) is 21.6 Å². The van der Waals surface area contributed by atoms with Crippen molar-refractivity contribution in [2.75, 3.05) is 0 Å². The van der Waals surface area contributed by atoms with Crippen LogP contribution in [0.25, 0.3) is 16.6 Å².